The van der Waals surface area contributed by atoms with Crippen LogP contribution < -0.4 is 5.73 Å². The summed E-state index contributed by atoms with van der Waals surface area (Å²) in [5.74, 6) is -1.69. The van der Waals surface area contributed by atoms with Gasteiger partial charge < -0.3 is 15.6 Å². The van der Waals surface area contributed by atoms with E-state index in [2.05, 4.69) is 5.10 Å². The molecule has 0 fully saturated rings. The van der Waals surface area contributed by atoms with Crippen LogP contribution in [-0.2, 0) is 16.1 Å². The normalized spacial score (nSPS) is 9.93. The number of hydrogen-bond donors (Lipinski definition) is 2. The zero-order valence-electron chi connectivity index (χ0n) is 8.14. The predicted octanol–water partition coefficient (Wildman–Crippen LogP) is -0.273. The lowest BCUT2D eigenvalue weighted by molar-refractivity contribution is -0.137. The predicted molar refractivity (Wildman–Crippen MR) is 50.2 cm³/mol. The molecule has 0 aliphatic rings. The van der Waals surface area contributed by atoms with E-state index in [1.807, 2.05) is 0 Å². The second kappa shape index (κ2) is 4.45. The second-order valence-corrected chi connectivity index (χ2v) is 2.72. The molecule has 0 radical (unpaired) electrons. The number of anilines is 1. The van der Waals surface area contributed by atoms with E-state index >= 15 is 0 Å². The van der Waals surface area contributed by atoms with Gasteiger partial charge in [0.15, 0.2) is 0 Å². The van der Waals surface area contributed by atoms with Crippen LogP contribution in [0.3, 0.4) is 0 Å². The fraction of sp³-hybridized carbons (Fsp3) is 0.375. The van der Waals surface area contributed by atoms with E-state index in [1.165, 1.54) is 6.20 Å². The summed E-state index contributed by atoms with van der Waals surface area (Å²) in [6.07, 6.45) is 1.19. The number of rotatable bonds is 4. The molecule has 0 saturated heterocycles. The van der Waals surface area contributed by atoms with Gasteiger partial charge in [0.25, 0.3) is 0 Å². The number of aliphatic carboxylic acids is 1. The lowest BCUT2D eigenvalue weighted by atomic mass is 10.3. The maximum atomic E-state index is 11.3. The topological polar surface area (TPSA) is 107 Å². The Morgan fingerprint density at radius 1 is 1.67 bits per heavy atom. The molecule has 0 aliphatic carbocycles. The number of carboxylic acid groups (broad SMARTS) is 1. The lowest BCUT2D eigenvalue weighted by Crippen LogP contribution is -2.14. The Morgan fingerprint density at radius 2 is 2.33 bits per heavy atom. The number of esters is 1. The standard InChI is InChI=1S/C8H11N3O4/c1-2-15-8(14)5-3-10-11(7(5)9)4-6(12)13/h3H,2,4,9H2,1H3,(H,12,13). The Bertz CT molecular complexity index is 385. The van der Waals surface area contributed by atoms with Crippen molar-refractivity contribution in [1.82, 2.24) is 9.78 Å². The number of carbonyl (C=O) groups excluding carboxylic acids is 1. The molecule has 0 amide bonds. The van der Waals surface area contributed by atoms with Gasteiger partial charge in [-0.05, 0) is 6.92 Å². The number of ether oxygens (including phenoxy) is 1. The van der Waals surface area contributed by atoms with Crippen LogP contribution in [0.15, 0.2) is 6.20 Å². The number of nitrogen functional groups attached to an aromatic ring is 1. The Morgan fingerprint density at radius 3 is 2.87 bits per heavy atom. The molecule has 1 rings (SSSR count). The van der Waals surface area contributed by atoms with Gasteiger partial charge in [-0.2, -0.15) is 5.10 Å². The highest BCUT2D eigenvalue weighted by molar-refractivity contribution is 5.94. The minimum absolute atomic E-state index is 0.00384. The van der Waals surface area contributed by atoms with Gasteiger partial charge in [0.1, 0.15) is 17.9 Å². The van der Waals surface area contributed by atoms with Crippen LogP contribution in [0, 0.1) is 0 Å². The Labute approximate surface area is 85.4 Å². The fourth-order valence-corrected chi connectivity index (χ4v) is 1.02. The summed E-state index contributed by atoms with van der Waals surface area (Å²) >= 11 is 0. The van der Waals surface area contributed by atoms with Gasteiger partial charge >= 0.3 is 11.9 Å². The number of nitrogens with zero attached hydrogens (tertiary/aromatic N) is 2. The van der Waals surface area contributed by atoms with Crippen LogP contribution in [-0.4, -0.2) is 33.4 Å². The van der Waals surface area contributed by atoms with Crippen molar-refractivity contribution in [3.63, 3.8) is 0 Å². The zero-order valence-corrected chi connectivity index (χ0v) is 8.14. The molecule has 7 heteroatoms. The monoisotopic (exact) mass is 213 g/mol. The largest absolute Gasteiger partial charge is 0.480 e. The first-order valence-electron chi connectivity index (χ1n) is 4.26. The quantitative estimate of drug-likeness (QED) is 0.666. The Hall–Kier alpha value is -2.05. The molecule has 0 aromatic carbocycles. The molecule has 3 N–H and O–H groups in total. The van der Waals surface area contributed by atoms with Gasteiger partial charge in [-0.3, -0.25) is 4.79 Å². The van der Waals surface area contributed by atoms with Crippen molar-refractivity contribution in [2.75, 3.05) is 12.3 Å². The first kappa shape index (κ1) is 11.0. The van der Waals surface area contributed by atoms with Crippen molar-refractivity contribution in [1.29, 1.82) is 0 Å². The SMILES string of the molecule is CCOC(=O)c1cnn(CC(=O)O)c1N. The smallest absolute Gasteiger partial charge is 0.343 e. The third kappa shape index (κ3) is 2.46. The first-order valence-corrected chi connectivity index (χ1v) is 4.26. The molecule has 1 aromatic rings. The molecule has 0 spiro atoms. The van der Waals surface area contributed by atoms with E-state index in [-0.39, 0.29) is 24.5 Å². The highest BCUT2D eigenvalue weighted by atomic mass is 16.5. The van der Waals surface area contributed by atoms with Crippen molar-refractivity contribution in [3.05, 3.63) is 11.8 Å². The summed E-state index contributed by atoms with van der Waals surface area (Å²) in [7, 11) is 0. The molecule has 1 aromatic heterocycles. The average Bonchev–Trinajstić information content (AvgIpc) is 2.48. The van der Waals surface area contributed by atoms with Crippen LogP contribution in [0.4, 0.5) is 5.82 Å². The third-order valence-electron chi connectivity index (χ3n) is 1.66. The molecule has 0 unspecified atom stereocenters. The number of carbonyl (C=O) groups is 2. The highest BCUT2D eigenvalue weighted by Crippen LogP contribution is 2.11. The molecule has 7 nitrogen and oxygen atoms in total. The maximum Gasteiger partial charge on any atom is 0.343 e. The van der Waals surface area contributed by atoms with E-state index in [1.54, 1.807) is 6.92 Å². The minimum atomic E-state index is -1.08. The number of hydrogen-bond acceptors (Lipinski definition) is 5. The van der Waals surface area contributed by atoms with Crippen LogP contribution in [0.25, 0.3) is 0 Å². The van der Waals surface area contributed by atoms with Crippen molar-refractivity contribution in [2.45, 2.75) is 13.5 Å². The van der Waals surface area contributed by atoms with Gasteiger partial charge in [0.05, 0.1) is 12.8 Å². The fourth-order valence-electron chi connectivity index (χ4n) is 1.02. The summed E-state index contributed by atoms with van der Waals surface area (Å²) in [5, 5.41) is 12.2. The van der Waals surface area contributed by atoms with E-state index in [4.69, 9.17) is 15.6 Å². The van der Waals surface area contributed by atoms with Gasteiger partial charge in [-0.25, -0.2) is 9.48 Å². The van der Waals surface area contributed by atoms with E-state index in [0.717, 1.165) is 4.68 Å². The molecule has 15 heavy (non-hydrogen) atoms. The minimum Gasteiger partial charge on any atom is -0.480 e. The molecule has 1 heterocycles. The molecule has 0 aliphatic heterocycles. The first-order chi connectivity index (χ1) is 7.06. The summed E-state index contributed by atoms with van der Waals surface area (Å²) in [6.45, 7) is 1.50. The average molecular weight is 213 g/mol. The van der Waals surface area contributed by atoms with Crippen molar-refractivity contribution in [2.24, 2.45) is 0 Å². The van der Waals surface area contributed by atoms with E-state index in [9.17, 15) is 9.59 Å². The molecule has 82 valence electrons. The summed E-state index contributed by atoms with van der Waals surface area (Å²) in [6, 6.07) is 0. The molecular weight excluding hydrogens is 202 g/mol. The third-order valence-corrected chi connectivity index (χ3v) is 1.66. The van der Waals surface area contributed by atoms with Crippen LogP contribution in [0.1, 0.15) is 17.3 Å². The van der Waals surface area contributed by atoms with Crippen LogP contribution >= 0.6 is 0 Å². The number of carboxylic acids is 1. The molecule has 0 saturated carbocycles. The maximum absolute atomic E-state index is 11.3. The summed E-state index contributed by atoms with van der Waals surface area (Å²) < 4.78 is 5.73. The van der Waals surface area contributed by atoms with E-state index in [0.29, 0.717) is 0 Å². The molecule has 0 bridgehead atoms. The molecule has 0 atom stereocenters. The van der Waals surface area contributed by atoms with Crippen LogP contribution in [0.2, 0.25) is 0 Å². The summed E-state index contributed by atoms with van der Waals surface area (Å²) in [4.78, 5) is 21.7. The number of aromatic nitrogens is 2. The zero-order chi connectivity index (χ0) is 11.4. The van der Waals surface area contributed by atoms with Gasteiger partial charge in [-0.15, -0.1) is 0 Å². The second-order valence-electron chi connectivity index (χ2n) is 2.72. The highest BCUT2D eigenvalue weighted by Gasteiger charge is 2.16. The van der Waals surface area contributed by atoms with Gasteiger partial charge in [0.2, 0.25) is 0 Å². The Balaban J connectivity index is 2.88. The van der Waals surface area contributed by atoms with Crippen molar-refractivity contribution in [3.8, 4) is 0 Å². The lowest BCUT2D eigenvalue weighted by Gasteiger charge is -2.01. The van der Waals surface area contributed by atoms with Gasteiger partial charge in [-0.1, -0.05) is 0 Å². The van der Waals surface area contributed by atoms with Gasteiger partial charge in [0, 0.05) is 0 Å². The summed E-state index contributed by atoms with van der Waals surface area (Å²) in [5.41, 5.74) is 5.60. The van der Waals surface area contributed by atoms with Crippen molar-refractivity contribution >= 4 is 17.8 Å². The number of nitrogens with two attached hydrogens (primary N) is 1. The van der Waals surface area contributed by atoms with E-state index < -0.39 is 11.9 Å². The van der Waals surface area contributed by atoms with Crippen LogP contribution in [0.5, 0.6) is 0 Å². The Kier molecular flexibility index (Phi) is 3.27. The van der Waals surface area contributed by atoms with Crippen molar-refractivity contribution < 1.29 is 19.4 Å². The molecular formula is C8H11N3O4.